The summed E-state index contributed by atoms with van der Waals surface area (Å²) >= 11 is 3.07. The van der Waals surface area contributed by atoms with Crippen molar-refractivity contribution in [2.24, 2.45) is 5.16 Å². The van der Waals surface area contributed by atoms with Crippen molar-refractivity contribution in [1.29, 1.82) is 0 Å². The van der Waals surface area contributed by atoms with E-state index in [0.717, 1.165) is 7.05 Å². The van der Waals surface area contributed by atoms with Gasteiger partial charge in [-0.25, -0.2) is 21.7 Å². The van der Waals surface area contributed by atoms with Crippen molar-refractivity contribution in [2.75, 3.05) is 19.8 Å². The van der Waals surface area contributed by atoms with E-state index in [9.17, 15) is 18.0 Å². The summed E-state index contributed by atoms with van der Waals surface area (Å²) in [5.74, 6) is -0.867. The van der Waals surface area contributed by atoms with Gasteiger partial charge in [0.25, 0.3) is 0 Å². The first-order valence-electron chi connectivity index (χ1n) is 8.89. The van der Waals surface area contributed by atoms with E-state index in [1.54, 1.807) is 0 Å². The molecule has 0 fully saturated rings. The van der Waals surface area contributed by atoms with Crippen molar-refractivity contribution < 1.29 is 26.8 Å². The summed E-state index contributed by atoms with van der Waals surface area (Å²) in [6, 6.07) is 4.28. The zero-order valence-electron chi connectivity index (χ0n) is 16.7. The molecule has 142 valence electrons. The lowest BCUT2D eigenvalue weighted by Crippen LogP contribution is -2.25. The lowest BCUT2D eigenvalue weighted by atomic mass is 10.0. The van der Waals surface area contributed by atoms with Crippen molar-refractivity contribution in [3.8, 4) is 0 Å². The first-order chi connectivity index (χ1) is 13.5. The fourth-order valence-corrected chi connectivity index (χ4v) is 3.37. The maximum absolute atomic E-state index is 13.4. The second kappa shape index (κ2) is 8.69. The molecule has 2 rings (SSSR count). The molecule has 0 aliphatic carbocycles. The second-order valence-electron chi connectivity index (χ2n) is 5.42. The van der Waals surface area contributed by atoms with Crippen molar-refractivity contribution in [1.82, 2.24) is 14.6 Å². The first-order valence-corrected chi connectivity index (χ1v) is 9.79. The number of oxime groups is 1. The van der Waals surface area contributed by atoms with Crippen LogP contribution in [-0.4, -0.2) is 53.7 Å². The van der Waals surface area contributed by atoms with Gasteiger partial charge in [-0.1, -0.05) is 16.4 Å². The van der Waals surface area contributed by atoms with E-state index in [2.05, 4.69) is 36.0 Å². The maximum atomic E-state index is 13.4. The lowest BCUT2D eigenvalue weighted by molar-refractivity contribution is 0.300. The van der Waals surface area contributed by atoms with Gasteiger partial charge in [0, 0.05) is 24.6 Å². The van der Waals surface area contributed by atoms with Crippen LogP contribution < -0.4 is 0 Å². The van der Waals surface area contributed by atoms with E-state index >= 15 is 0 Å². The molecule has 1 N–H and O–H groups in total. The third-order valence-electron chi connectivity index (χ3n) is 3.54. The molecule has 0 radical (unpaired) electrons. The zero-order chi connectivity index (χ0) is 21.8. The van der Waals surface area contributed by atoms with E-state index in [1.807, 2.05) is 0 Å². The number of nitrogens with zero attached hydrogens (tertiary/aromatic N) is 4. The summed E-state index contributed by atoms with van der Waals surface area (Å²) in [5.41, 5.74) is 1.12. The van der Waals surface area contributed by atoms with E-state index in [1.165, 1.54) is 18.2 Å². The van der Waals surface area contributed by atoms with Gasteiger partial charge >= 0.3 is 0 Å². The highest BCUT2D eigenvalue weighted by Crippen LogP contribution is 2.19. The van der Waals surface area contributed by atoms with Crippen molar-refractivity contribution in [3.05, 3.63) is 45.4 Å². The molecule has 0 aliphatic heterocycles. The Morgan fingerprint density at radius 1 is 1.50 bits per heavy atom. The van der Waals surface area contributed by atoms with E-state index in [-0.39, 0.29) is 40.8 Å². The van der Waals surface area contributed by atoms with Gasteiger partial charge in [-0.05, 0) is 51.6 Å². The Hall–Kier alpha value is -1.85. The molecule has 0 saturated heterocycles. The summed E-state index contributed by atoms with van der Waals surface area (Å²) in [6.45, 7) is -2.76. The fraction of sp³-hybridized carbons (Fsp3) is 0.400. The Morgan fingerprint density at radius 3 is 2.92 bits per heavy atom. The number of sulfonamides is 1. The molecule has 0 amide bonds. The van der Waals surface area contributed by atoms with Gasteiger partial charge in [-0.15, -0.1) is 0 Å². The number of hydrogen-bond acceptors (Lipinski definition) is 7. The van der Waals surface area contributed by atoms with Crippen LogP contribution in [0.2, 0.25) is 0 Å². The van der Waals surface area contributed by atoms with Gasteiger partial charge in [0.05, 0.1) is 10.2 Å². The quantitative estimate of drug-likeness (QED) is 0.374. The van der Waals surface area contributed by atoms with Gasteiger partial charge in [-0.3, -0.25) is 0 Å². The Labute approximate surface area is 163 Å². The van der Waals surface area contributed by atoms with Gasteiger partial charge in [-0.2, -0.15) is 0 Å². The number of rotatable bonds is 8. The number of aryl methyl sites for hydroxylation is 1. The SMILES string of the molecule is [2H]C([2H])([2H])N(C)S(=O)(=O)CCCc1nonc1/C(Cc1ccc(F)c(Br)c1)=N/O. The molecule has 1 aromatic heterocycles. The summed E-state index contributed by atoms with van der Waals surface area (Å²) in [6.07, 6.45) is 0.237. The minimum atomic E-state index is -4.00. The summed E-state index contributed by atoms with van der Waals surface area (Å²) in [7, 11) is -3.01. The molecule has 11 heteroatoms. The van der Waals surface area contributed by atoms with Gasteiger partial charge in [0.2, 0.25) is 10.0 Å². The van der Waals surface area contributed by atoms with Crippen molar-refractivity contribution in [3.63, 3.8) is 0 Å². The molecule has 0 spiro atoms. The monoisotopic (exact) mass is 451 g/mol. The molecule has 26 heavy (non-hydrogen) atoms. The third kappa shape index (κ3) is 5.08. The van der Waals surface area contributed by atoms with Crippen LogP contribution in [-0.2, 0) is 22.9 Å². The zero-order valence-corrected chi connectivity index (χ0v) is 16.1. The van der Waals surface area contributed by atoms with Gasteiger partial charge in [0.15, 0.2) is 5.69 Å². The van der Waals surface area contributed by atoms with Crippen LogP contribution in [0.15, 0.2) is 32.5 Å². The Bertz CT molecular complexity index is 998. The minimum Gasteiger partial charge on any atom is -0.411 e. The summed E-state index contributed by atoms with van der Waals surface area (Å²) < 4.78 is 64.4. The Kier molecular flexibility index (Phi) is 5.46. The third-order valence-corrected chi connectivity index (χ3v) is 5.79. The summed E-state index contributed by atoms with van der Waals surface area (Å²) in [5, 5.41) is 20.0. The van der Waals surface area contributed by atoms with Crippen LogP contribution in [0.1, 0.15) is 27.5 Å². The second-order valence-corrected chi connectivity index (χ2v) is 8.39. The van der Waals surface area contributed by atoms with Crippen LogP contribution in [0.25, 0.3) is 0 Å². The fourth-order valence-electron chi connectivity index (χ4n) is 2.16. The maximum Gasteiger partial charge on any atom is 0.213 e. The smallest absolute Gasteiger partial charge is 0.213 e. The van der Waals surface area contributed by atoms with Crippen molar-refractivity contribution >= 4 is 31.7 Å². The van der Waals surface area contributed by atoms with Crippen LogP contribution in [0.4, 0.5) is 4.39 Å². The number of benzene rings is 1. The average molecular weight is 452 g/mol. The highest BCUT2D eigenvalue weighted by Gasteiger charge is 2.20. The van der Waals surface area contributed by atoms with Crippen LogP contribution >= 0.6 is 15.9 Å². The molecule has 0 atom stereocenters. The van der Waals surface area contributed by atoms with Gasteiger partial charge < -0.3 is 5.21 Å². The molecule has 0 aliphatic rings. The Morgan fingerprint density at radius 2 is 2.27 bits per heavy atom. The largest absolute Gasteiger partial charge is 0.411 e. The normalized spacial score (nSPS) is 14.9. The Balaban J connectivity index is 2.08. The van der Waals surface area contributed by atoms with Crippen molar-refractivity contribution in [2.45, 2.75) is 19.3 Å². The predicted octanol–water partition coefficient (Wildman–Crippen LogP) is 2.22. The van der Waals surface area contributed by atoms with Crippen LogP contribution in [0.5, 0.6) is 0 Å². The van der Waals surface area contributed by atoms with E-state index in [0.29, 0.717) is 9.87 Å². The van der Waals surface area contributed by atoms with Crippen LogP contribution in [0, 0.1) is 5.82 Å². The molecule has 1 heterocycles. The molecule has 1 aromatic carbocycles. The molecule has 8 nitrogen and oxygen atoms in total. The summed E-state index contributed by atoms with van der Waals surface area (Å²) in [4.78, 5) is 0. The highest BCUT2D eigenvalue weighted by atomic mass is 79.9. The number of hydrogen-bond donors (Lipinski definition) is 1. The first kappa shape index (κ1) is 16.3. The molecular formula is C15H18BrFN4O4S. The predicted molar refractivity (Wildman–Crippen MR) is 96.2 cm³/mol. The topological polar surface area (TPSA) is 109 Å². The van der Waals surface area contributed by atoms with E-state index < -0.39 is 28.6 Å². The van der Waals surface area contributed by atoms with Crippen LogP contribution in [0.3, 0.4) is 0 Å². The minimum absolute atomic E-state index is 0.0464. The molecule has 0 bridgehead atoms. The number of halogens is 2. The molecule has 2 aromatic rings. The van der Waals surface area contributed by atoms with Gasteiger partial charge in [0.1, 0.15) is 17.2 Å². The van der Waals surface area contributed by atoms with E-state index in [4.69, 9.17) is 4.11 Å². The standard InChI is InChI=1S/C15H18BrFN4O4S/c1-21(2)26(23,24)7-3-4-13-15(20-25-19-13)14(18-22)9-10-5-6-12(17)11(16)8-10/h5-6,8,22H,3-4,7,9H2,1-2H3/b18-14+/i1D3. The number of aromatic nitrogens is 2. The lowest BCUT2D eigenvalue weighted by Gasteiger charge is -2.10. The highest BCUT2D eigenvalue weighted by molar-refractivity contribution is 9.10. The molecule has 0 unspecified atom stereocenters. The molecular weight excluding hydrogens is 431 g/mol. The average Bonchev–Trinajstić information content (AvgIpc) is 3.09. The molecule has 0 saturated carbocycles.